The van der Waals surface area contributed by atoms with Crippen molar-refractivity contribution in [1.82, 2.24) is 4.72 Å². The molecule has 1 aliphatic heterocycles. The number of fused-ring (bicyclic) bond motifs is 1. The zero-order chi connectivity index (χ0) is 9.80. The van der Waals surface area contributed by atoms with Crippen LogP contribution in [0.1, 0.15) is 20.8 Å². The summed E-state index contributed by atoms with van der Waals surface area (Å²) < 4.78 is 24.7. The summed E-state index contributed by atoms with van der Waals surface area (Å²) in [6.07, 6.45) is 0. The Labute approximate surface area is 108 Å². The number of sulfonamides is 1. The maximum absolute atomic E-state index is 11.3. The van der Waals surface area contributed by atoms with Gasteiger partial charge in [-0.2, -0.15) is 0 Å². The van der Waals surface area contributed by atoms with E-state index in [9.17, 15) is 13.2 Å². The Morgan fingerprint density at radius 2 is 1.86 bits per heavy atom. The van der Waals surface area contributed by atoms with Crippen LogP contribution < -0.4 is 4.72 Å². The predicted molar refractivity (Wildman–Crippen MR) is 54.2 cm³/mol. The Balaban J connectivity index is 0.000000980. The molecular weight excluding hydrogens is 233 g/mol. The van der Waals surface area contributed by atoms with Crippen LogP contribution in [-0.4, -0.2) is 43.9 Å². The Kier molecular flexibility index (Phi) is 3.14. The molecule has 71 valence electrons. The molecule has 1 amide bonds. The number of hydrogen-bond donors (Lipinski definition) is 1. The van der Waals surface area contributed by atoms with Gasteiger partial charge >= 0.3 is 0 Å². The summed E-state index contributed by atoms with van der Waals surface area (Å²) in [6, 6.07) is 0. The Hall–Kier alpha value is 0.120. The van der Waals surface area contributed by atoms with E-state index in [-0.39, 0.29) is 33.8 Å². The maximum atomic E-state index is 11.3. The van der Waals surface area contributed by atoms with Crippen molar-refractivity contribution in [3.8, 4) is 0 Å². The molecule has 1 radical (unpaired) electrons. The van der Waals surface area contributed by atoms with Crippen LogP contribution >= 0.6 is 11.3 Å². The number of amides is 1. The van der Waals surface area contributed by atoms with Crippen LogP contribution in [-0.2, 0) is 10.0 Å². The molecule has 0 aromatic carbocycles. The number of thiophene rings is 1. The smallest absolute Gasteiger partial charge is 0.268 e. The SMILES string of the molecule is Cc1sc2c(c1C)C(=O)NS2(=O)=O.[Na]. The number of carbonyl (C=O) groups is 1. The molecule has 0 aliphatic carbocycles. The molecule has 2 heterocycles. The number of aryl methyl sites for hydroxylation is 1. The largest absolute Gasteiger partial charge is 0.274 e. The van der Waals surface area contributed by atoms with Crippen LogP contribution in [0.2, 0.25) is 0 Å². The molecule has 1 N–H and O–H groups in total. The van der Waals surface area contributed by atoms with Crippen molar-refractivity contribution in [1.29, 1.82) is 0 Å². The zero-order valence-corrected chi connectivity index (χ0v) is 11.7. The van der Waals surface area contributed by atoms with Crippen LogP contribution in [0.4, 0.5) is 0 Å². The predicted octanol–water partition coefficient (Wildman–Crippen LogP) is 0.416. The summed E-state index contributed by atoms with van der Waals surface area (Å²) >= 11 is 1.14. The maximum Gasteiger partial charge on any atom is 0.274 e. The van der Waals surface area contributed by atoms with Crippen LogP contribution in [0.15, 0.2) is 4.21 Å². The second kappa shape index (κ2) is 3.61. The minimum atomic E-state index is -3.54. The fourth-order valence-electron chi connectivity index (χ4n) is 1.27. The summed E-state index contributed by atoms with van der Waals surface area (Å²) in [6.45, 7) is 3.56. The van der Waals surface area contributed by atoms with E-state index in [2.05, 4.69) is 0 Å². The molecule has 1 aromatic rings. The van der Waals surface area contributed by atoms with E-state index in [0.717, 1.165) is 21.8 Å². The van der Waals surface area contributed by atoms with Crippen LogP contribution in [0, 0.1) is 13.8 Å². The molecular formula is C7H7NNaO3S2. The number of rotatable bonds is 0. The van der Waals surface area contributed by atoms with Crippen molar-refractivity contribution in [2.24, 2.45) is 0 Å². The molecule has 0 unspecified atom stereocenters. The molecule has 2 rings (SSSR count). The van der Waals surface area contributed by atoms with Gasteiger partial charge in [-0.25, -0.2) is 13.1 Å². The average Bonchev–Trinajstić information content (AvgIpc) is 2.38. The number of nitrogens with one attached hydrogen (secondary N) is 1. The monoisotopic (exact) mass is 240 g/mol. The van der Waals surface area contributed by atoms with Crippen LogP contribution in [0.25, 0.3) is 0 Å². The first kappa shape index (κ1) is 12.2. The summed E-state index contributed by atoms with van der Waals surface area (Å²) in [4.78, 5) is 12.1. The second-order valence-corrected chi connectivity index (χ2v) is 5.98. The first-order chi connectivity index (χ1) is 5.93. The van der Waals surface area contributed by atoms with Gasteiger partial charge in [0.2, 0.25) is 0 Å². The van der Waals surface area contributed by atoms with Crippen molar-refractivity contribution in [3.63, 3.8) is 0 Å². The summed E-state index contributed by atoms with van der Waals surface area (Å²) in [5.74, 6) is -0.503. The van der Waals surface area contributed by atoms with Gasteiger partial charge in [0.05, 0.1) is 5.56 Å². The van der Waals surface area contributed by atoms with Gasteiger partial charge < -0.3 is 0 Å². The Bertz CT molecular complexity index is 503. The normalized spacial score (nSPS) is 17.1. The van der Waals surface area contributed by atoms with E-state index in [1.807, 2.05) is 4.72 Å². The molecule has 0 saturated heterocycles. The van der Waals surface area contributed by atoms with Crippen molar-refractivity contribution < 1.29 is 13.2 Å². The van der Waals surface area contributed by atoms with E-state index in [1.54, 1.807) is 13.8 Å². The van der Waals surface area contributed by atoms with Gasteiger partial charge in [-0.05, 0) is 19.4 Å². The fraction of sp³-hybridized carbons (Fsp3) is 0.286. The van der Waals surface area contributed by atoms with E-state index in [1.165, 1.54) is 0 Å². The molecule has 1 aromatic heterocycles. The van der Waals surface area contributed by atoms with Crippen molar-refractivity contribution in [3.05, 3.63) is 16.0 Å². The first-order valence-electron chi connectivity index (χ1n) is 3.60. The molecule has 0 saturated carbocycles. The van der Waals surface area contributed by atoms with Gasteiger partial charge in [-0.1, -0.05) is 0 Å². The van der Waals surface area contributed by atoms with E-state index >= 15 is 0 Å². The van der Waals surface area contributed by atoms with Gasteiger partial charge in [0.15, 0.2) is 4.21 Å². The quantitative estimate of drug-likeness (QED) is 0.668. The number of carbonyl (C=O) groups excluding carboxylic acids is 1. The van der Waals surface area contributed by atoms with Gasteiger partial charge in [-0.15, -0.1) is 11.3 Å². The topological polar surface area (TPSA) is 63.2 Å². The molecule has 7 heteroatoms. The summed E-state index contributed by atoms with van der Waals surface area (Å²) in [5.41, 5.74) is 1.08. The first-order valence-corrected chi connectivity index (χ1v) is 5.90. The molecule has 0 fully saturated rings. The fourth-order valence-corrected chi connectivity index (χ4v) is 4.04. The third-order valence-corrected chi connectivity index (χ3v) is 5.11. The standard InChI is InChI=1S/C7H7NO3S2.Na/c1-3-4(2)12-7-5(3)6(9)8-13(7,10)11;/h1-2H3,(H,8,9);. The van der Waals surface area contributed by atoms with Gasteiger partial charge in [-0.3, -0.25) is 4.79 Å². The molecule has 0 spiro atoms. The van der Waals surface area contributed by atoms with Crippen molar-refractivity contribution >= 4 is 56.8 Å². The van der Waals surface area contributed by atoms with Gasteiger partial charge in [0.25, 0.3) is 15.9 Å². The Morgan fingerprint density at radius 3 is 2.36 bits per heavy atom. The third kappa shape index (κ3) is 1.55. The second-order valence-electron chi connectivity index (χ2n) is 2.88. The summed E-state index contributed by atoms with van der Waals surface area (Å²) in [7, 11) is -3.54. The average molecular weight is 240 g/mol. The van der Waals surface area contributed by atoms with Crippen LogP contribution in [0.3, 0.4) is 0 Å². The van der Waals surface area contributed by atoms with Gasteiger partial charge in [0, 0.05) is 34.4 Å². The van der Waals surface area contributed by atoms with Crippen molar-refractivity contribution in [2.75, 3.05) is 0 Å². The molecule has 0 atom stereocenters. The van der Waals surface area contributed by atoms with E-state index in [0.29, 0.717) is 5.56 Å². The van der Waals surface area contributed by atoms with Crippen molar-refractivity contribution in [2.45, 2.75) is 18.1 Å². The minimum Gasteiger partial charge on any atom is -0.268 e. The minimum absolute atomic E-state index is 0. The zero-order valence-electron chi connectivity index (χ0n) is 8.04. The molecule has 14 heavy (non-hydrogen) atoms. The molecule has 1 aliphatic rings. The van der Waals surface area contributed by atoms with E-state index < -0.39 is 15.9 Å². The number of hydrogen-bond acceptors (Lipinski definition) is 4. The summed E-state index contributed by atoms with van der Waals surface area (Å²) in [5, 5.41) is 0. The van der Waals surface area contributed by atoms with Gasteiger partial charge in [0.1, 0.15) is 0 Å². The van der Waals surface area contributed by atoms with Crippen LogP contribution in [0.5, 0.6) is 0 Å². The van der Waals surface area contributed by atoms with E-state index in [4.69, 9.17) is 0 Å². The molecule has 4 nitrogen and oxygen atoms in total. The molecule has 0 bridgehead atoms. The Morgan fingerprint density at radius 1 is 1.29 bits per heavy atom. The third-order valence-electron chi connectivity index (χ3n) is 2.05.